The van der Waals surface area contributed by atoms with E-state index in [2.05, 4.69) is 20.5 Å². The maximum atomic E-state index is 12.0. The molecule has 0 unspecified atom stereocenters. The van der Waals surface area contributed by atoms with Crippen molar-refractivity contribution < 1.29 is 4.79 Å². The van der Waals surface area contributed by atoms with Gasteiger partial charge in [0.1, 0.15) is 0 Å². The summed E-state index contributed by atoms with van der Waals surface area (Å²) in [5.74, 6) is 1.02. The number of rotatable bonds is 5. The van der Waals surface area contributed by atoms with Gasteiger partial charge in [-0.3, -0.25) is 9.79 Å². The van der Waals surface area contributed by atoms with Gasteiger partial charge in [0.15, 0.2) is 5.96 Å². The van der Waals surface area contributed by atoms with E-state index in [1.165, 1.54) is 38.5 Å². The fourth-order valence-electron chi connectivity index (χ4n) is 4.33. The van der Waals surface area contributed by atoms with Crippen LogP contribution in [-0.2, 0) is 11.3 Å². The lowest BCUT2D eigenvalue weighted by molar-refractivity contribution is -0.121. The van der Waals surface area contributed by atoms with Gasteiger partial charge in [0.25, 0.3) is 0 Å². The highest BCUT2D eigenvalue weighted by Gasteiger charge is 2.39. The third-order valence-electron chi connectivity index (χ3n) is 5.83. The first-order valence-electron chi connectivity index (χ1n) is 9.97. The number of hydrogen-bond donors (Lipinski definition) is 2. The first kappa shape index (κ1) is 22.0. The Hall–Kier alpha value is -1.31. The number of aliphatic imine (C=N–C) groups is 1. The Bertz CT molecular complexity index is 614. The molecule has 1 aliphatic heterocycles. The molecule has 3 rings (SSSR count). The van der Waals surface area contributed by atoms with E-state index in [0.717, 1.165) is 24.6 Å². The second-order valence-electron chi connectivity index (χ2n) is 7.72. The molecule has 2 N–H and O–H groups in total. The minimum absolute atomic E-state index is 0. The van der Waals surface area contributed by atoms with Gasteiger partial charge in [0.2, 0.25) is 5.91 Å². The number of nitrogens with one attached hydrogen (secondary N) is 2. The third kappa shape index (κ3) is 6.36. The van der Waals surface area contributed by atoms with E-state index in [1.54, 1.807) is 0 Å². The zero-order valence-electron chi connectivity index (χ0n) is 16.4. The molecule has 1 aromatic carbocycles. The molecule has 5 nitrogen and oxygen atoms in total. The fraction of sp³-hybridized carbons (Fsp3) is 0.619. The zero-order chi connectivity index (χ0) is 18.2. The lowest BCUT2D eigenvalue weighted by atomic mass is 9.73. The topological polar surface area (TPSA) is 56.7 Å². The fourth-order valence-corrected chi connectivity index (χ4v) is 4.33. The van der Waals surface area contributed by atoms with Crippen LogP contribution in [0.25, 0.3) is 0 Å². The summed E-state index contributed by atoms with van der Waals surface area (Å²) in [6.07, 6.45) is 8.62. The SMILES string of the molecule is CN=C(NCCC(=O)NCc1ccccc1)N1CCC2(CCCCC2)C1.I. The molecule has 1 saturated carbocycles. The molecule has 0 bridgehead atoms. The van der Waals surface area contributed by atoms with Gasteiger partial charge in [-0.2, -0.15) is 0 Å². The molecular formula is C21H33IN4O. The van der Waals surface area contributed by atoms with Crippen molar-refractivity contribution >= 4 is 35.8 Å². The van der Waals surface area contributed by atoms with Crippen molar-refractivity contribution in [1.29, 1.82) is 0 Å². The van der Waals surface area contributed by atoms with Crippen molar-refractivity contribution in [2.75, 3.05) is 26.7 Å². The Morgan fingerprint density at radius 1 is 1.11 bits per heavy atom. The van der Waals surface area contributed by atoms with Crippen LogP contribution in [-0.4, -0.2) is 43.4 Å². The van der Waals surface area contributed by atoms with Gasteiger partial charge >= 0.3 is 0 Å². The Labute approximate surface area is 180 Å². The van der Waals surface area contributed by atoms with Gasteiger partial charge in [-0.05, 0) is 30.2 Å². The summed E-state index contributed by atoms with van der Waals surface area (Å²) in [6.45, 7) is 3.41. The van der Waals surface area contributed by atoms with E-state index in [4.69, 9.17) is 0 Å². The van der Waals surface area contributed by atoms with Gasteiger partial charge in [-0.1, -0.05) is 49.6 Å². The predicted octanol–water partition coefficient (Wildman–Crippen LogP) is 3.54. The van der Waals surface area contributed by atoms with E-state index >= 15 is 0 Å². The summed E-state index contributed by atoms with van der Waals surface area (Å²) >= 11 is 0. The Morgan fingerprint density at radius 2 is 1.85 bits per heavy atom. The average molecular weight is 484 g/mol. The van der Waals surface area contributed by atoms with Crippen molar-refractivity contribution in [3.05, 3.63) is 35.9 Å². The van der Waals surface area contributed by atoms with Crippen LogP contribution in [0.15, 0.2) is 35.3 Å². The van der Waals surface area contributed by atoms with E-state index in [0.29, 0.717) is 24.9 Å². The first-order valence-corrected chi connectivity index (χ1v) is 9.97. The average Bonchev–Trinajstić information content (AvgIpc) is 3.08. The summed E-state index contributed by atoms with van der Waals surface area (Å²) in [5.41, 5.74) is 1.64. The van der Waals surface area contributed by atoms with Gasteiger partial charge in [0, 0.05) is 39.6 Å². The molecule has 0 atom stereocenters. The first-order chi connectivity index (χ1) is 12.7. The lowest BCUT2D eigenvalue weighted by Gasteiger charge is -2.33. The second kappa shape index (κ2) is 10.9. The largest absolute Gasteiger partial charge is 0.356 e. The molecule has 1 spiro atoms. The Morgan fingerprint density at radius 3 is 2.56 bits per heavy atom. The van der Waals surface area contributed by atoms with Crippen LogP contribution in [0.2, 0.25) is 0 Å². The number of guanidine groups is 1. The summed E-state index contributed by atoms with van der Waals surface area (Å²) in [4.78, 5) is 18.9. The van der Waals surface area contributed by atoms with Crippen molar-refractivity contribution in [2.45, 2.75) is 51.5 Å². The van der Waals surface area contributed by atoms with Crippen LogP contribution in [0, 0.1) is 5.41 Å². The van der Waals surface area contributed by atoms with Crippen LogP contribution in [0.3, 0.4) is 0 Å². The van der Waals surface area contributed by atoms with Crippen molar-refractivity contribution in [1.82, 2.24) is 15.5 Å². The molecule has 1 amide bonds. The highest BCUT2D eigenvalue weighted by molar-refractivity contribution is 14.0. The van der Waals surface area contributed by atoms with E-state index < -0.39 is 0 Å². The number of nitrogens with zero attached hydrogens (tertiary/aromatic N) is 2. The number of halogens is 1. The van der Waals surface area contributed by atoms with Gasteiger partial charge in [-0.25, -0.2) is 0 Å². The number of likely N-dealkylation sites (tertiary alicyclic amines) is 1. The number of benzene rings is 1. The normalized spacial score (nSPS) is 18.9. The summed E-state index contributed by atoms with van der Waals surface area (Å²) in [5, 5.41) is 6.35. The van der Waals surface area contributed by atoms with Crippen LogP contribution >= 0.6 is 24.0 Å². The van der Waals surface area contributed by atoms with E-state index in [1.807, 2.05) is 37.4 Å². The summed E-state index contributed by atoms with van der Waals surface area (Å²) in [7, 11) is 1.84. The minimum atomic E-state index is 0. The molecule has 0 aromatic heterocycles. The zero-order valence-corrected chi connectivity index (χ0v) is 18.7. The van der Waals surface area contributed by atoms with Crippen LogP contribution in [0.4, 0.5) is 0 Å². The minimum Gasteiger partial charge on any atom is -0.356 e. The van der Waals surface area contributed by atoms with E-state index in [9.17, 15) is 4.79 Å². The molecule has 1 aromatic rings. The molecule has 0 radical (unpaired) electrons. The molecule has 27 heavy (non-hydrogen) atoms. The number of amides is 1. The van der Waals surface area contributed by atoms with Gasteiger partial charge in [-0.15, -0.1) is 24.0 Å². The smallest absolute Gasteiger partial charge is 0.222 e. The second-order valence-corrected chi connectivity index (χ2v) is 7.72. The molecule has 6 heteroatoms. The van der Waals surface area contributed by atoms with Gasteiger partial charge < -0.3 is 15.5 Å². The van der Waals surface area contributed by atoms with Crippen LogP contribution in [0.1, 0.15) is 50.5 Å². The summed E-state index contributed by atoms with van der Waals surface area (Å²) in [6, 6.07) is 10.0. The maximum Gasteiger partial charge on any atom is 0.222 e. The quantitative estimate of drug-likeness (QED) is 0.382. The maximum absolute atomic E-state index is 12.0. The summed E-state index contributed by atoms with van der Waals surface area (Å²) < 4.78 is 0. The van der Waals surface area contributed by atoms with Gasteiger partial charge in [0.05, 0.1) is 0 Å². The molecular weight excluding hydrogens is 451 g/mol. The van der Waals surface area contributed by atoms with Crippen LogP contribution in [0.5, 0.6) is 0 Å². The van der Waals surface area contributed by atoms with Crippen molar-refractivity contribution in [3.8, 4) is 0 Å². The van der Waals surface area contributed by atoms with Crippen LogP contribution < -0.4 is 10.6 Å². The predicted molar refractivity (Wildman–Crippen MR) is 121 cm³/mol. The number of carbonyl (C=O) groups excluding carboxylic acids is 1. The molecule has 2 fully saturated rings. The Balaban J connectivity index is 0.00000261. The standard InChI is InChI=1S/C21H32N4O.HI/c1-22-20(25-15-13-21(17-25)11-6-3-7-12-21)23-14-10-19(26)24-16-18-8-4-2-5-9-18;/h2,4-5,8-9H,3,6-7,10-17H2,1H3,(H,22,23)(H,24,26);1H. The molecule has 150 valence electrons. The number of carbonyl (C=O) groups is 1. The lowest BCUT2D eigenvalue weighted by Crippen LogP contribution is -2.42. The third-order valence-corrected chi connectivity index (χ3v) is 5.83. The number of hydrogen-bond acceptors (Lipinski definition) is 2. The molecule has 1 aliphatic carbocycles. The van der Waals surface area contributed by atoms with Crippen molar-refractivity contribution in [2.24, 2.45) is 10.4 Å². The molecule has 1 saturated heterocycles. The van der Waals surface area contributed by atoms with E-state index in [-0.39, 0.29) is 29.9 Å². The highest BCUT2D eigenvalue weighted by Crippen LogP contribution is 2.43. The molecule has 1 heterocycles. The van der Waals surface area contributed by atoms with Crippen molar-refractivity contribution in [3.63, 3.8) is 0 Å². The Kier molecular flexibility index (Phi) is 8.86. The highest BCUT2D eigenvalue weighted by atomic mass is 127. The molecule has 2 aliphatic rings. The monoisotopic (exact) mass is 484 g/mol.